The Labute approximate surface area is 135 Å². The monoisotopic (exact) mass is 303 g/mol. The molecule has 4 heteroatoms. The van der Waals surface area contributed by atoms with E-state index in [4.69, 9.17) is 0 Å². The van der Waals surface area contributed by atoms with Gasteiger partial charge >= 0.3 is 0 Å². The largest absolute Gasteiger partial charge is 0.306 e. The Balaban J connectivity index is 1.58. The van der Waals surface area contributed by atoms with Crippen molar-refractivity contribution in [3.05, 3.63) is 90.1 Å². The number of anilines is 1. The summed E-state index contributed by atoms with van der Waals surface area (Å²) in [7, 11) is 0. The summed E-state index contributed by atoms with van der Waals surface area (Å²) in [6.45, 7) is 0.677. The van der Waals surface area contributed by atoms with E-state index >= 15 is 0 Å². The zero-order chi connectivity index (χ0) is 15.9. The molecule has 1 N–H and O–H groups in total. The van der Waals surface area contributed by atoms with Crippen molar-refractivity contribution in [2.45, 2.75) is 6.54 Å². The molecule has 3 aromatic rings. The summed E-state index contributed by atoms with van der Waals surface area (Å²) < 4.78 is 1.80. The maximum Gasteiger partial charge on any atom is 0.249 e. The standard InChI is InChI=1S/C19H17N3O/c23-19(12-11-16-7-3-1-4-8-16)20-18-13-14-22(21-18)15-17-9-5-2-6-10-17/h1-14H,15H2,(H,20,21,23)/b12-11+. The van der Waals surface area contributed by atoms with Crippen LogP contribution in [0, 0.1) is 0 Å². The zero-order valence-electron chi connectivity index (χ0n) is 12.6. The minimum atomic E-state index is -0.196. The van der Waals surface area contributed by atoms with E-state index in [1.807, 2.05) is 66.9 Å². The van der Waals surface area contributed by atoms with Gasteiger partial charge in [-0.15, -0.1) is 0 Å². The number of aromatic nitrogens is 2. The second-order valence-corrected chi connectivity index (χ2v) is 5.12. The SMILES string of the molecule is O=C(/C=C/c1ccccc1)Nc1ccn(Cc2ccccc2)n1. The second kappa shape index (κ2) is 7.22. The molecule has 0 radical (unpaired) electrons. The van der Waals surface area contributed by atoms with Crippen LogP contribution in [-0.4, -0.2) is 15.7 Å². The first-order chi connectivity index (χ1) is 11.3. The van der Waals surface area contributed by atoms with Crippen LogP contribution in [-0.2, 0) is 11.3 Å². The minimum absolute atomic E-state index is 0.196. The molecule has 0 saturated heterocycles. The van der Waals surface area contributed by atoms with E-state index in [1.54, 1.807) is 16.8 Å². The lowest BCUT2D eigenvalue weighted by Gasteiger charge is -2.01. The van der Waals surface area contributed by atoms with Crippen molar-refractivity contribution in [1.29, 1.82) is 0 Å². The van der Waals surface area contributed by atoms with Gasteiger partial charge in [0.05, 0.1) is 6.54 Å². The normalized spacial score (nSPS) is 10.8. The van der Waals surface area contributed by atoms with Crippen LogP contribution in [0.2, 0.25) is 0 Å². The van der Waals surface area contributed by atoms with Crippen LogP contribution in [0.15, 0.2) is 79.0 Å². The average molecular weight is 303 g/mol. The van der Waals surface area contributed by atoms with Gasteiger partial charge in [0.1, 0.15) is 0 Å². The Morgan fingerprint density at radius 1 is 1.00 bits per heavy atom. The molecule has 0 spiro atoms. The quantitative estimate of drug-likeness (QED) is 0.732. The maximum absolute atomic E-state index is 11.9. The van der Waals surface area contributed by atoms with E-state index < -0.39 is 0 Å². The van der Waals surface area contributed by atoms with Gasteiger partial charge in [-0.05, 0) is 17.2 Å². The summed E-state index contributed by atoms with van der Waals surface area (Å²) in [5, 5.41) is 7.11. The van der Waals surface area contributed by atoms with E-state index in [0.29, 0.717) is 12.4 Å². The number of hydrogen-bond acceptors (Lipinski definition) is 2. The van der Waals surface area contributed by atoms with Crippen molar-refractivity contribution < 1.29 is 4.79 Å². The number of nitrogens with one attached hydrogen (secondary N) is 1. The molecule has 3 rings (SSSR count). The molecule has 0 unspecified atom stereocenters. The minimum Gasteiger partial charge on any atom is -0.306 e. The van der Waals surface area contributed by atoms with Gasteiger partial charge in [0, 0.05) is 18.3 Å². The molecule has 0 aliphatic rings. The van der Waals surface area contributed by atoms with Gasteiger partial charge in [-0.1, -0.05) is 60.7 Å². The highest BCUT2D eigenvalue weighted by Crippen LogP contribution is 2.07. The molecule has 0 bridgehead atoms. The highest BCUT2D eigenvalue weighted by Gasteiger charge is 2.02. The van der Waals surface area contributed by atoms with Crippen molar-refractivity contribution in [1.82, 2.24) is 9.78 Å². The highest BCUT2D eigenvalue weighted by molar-refractivity contribution is 6.01. The molecule has 0 saturated carbocycles. The third kappa shape index (κ3) is 4.41. The molecule has 0 aliphatic heterocycles. The Morgan fingerprint density at radius 2 is 1.70 bits per heavy atom. The molecule has 0 aliphatic carbocycles. The van der Waals surface area contributed by atoms with E-state index in [9.17, 15) is 4.79 Å². The van der Waals surface area contributed by atoms with E-state index in [2.05, 4.69) is 10.4 Å². The first kappa shape index (κ1) is 14.8. The van der Waals surface area contributed by atoms with Crippen LogP contribution in [0.1, 0.15) is 11.1 Å². The molecular weight excluding hydrogens is 286 g/mol. The summed E-state index contributed by atoms with van der Waals surface area (Å²) in [5.74, 6) is 0.349. The molecule has 4 nitrogen and oxygen atoms in total. The van der Waals surface area contributed by atoms with Gasteiger partial charge in [0.15, 0.2) is 5.82 Å². The molecule has 23 heavy (non-hydrogen) atoms. The molecular formula is C19H17N3O. The Morgan fingerprint density at radius 3 is 2.43 bits per heavy atom. The molecule has 0 atom stereocenters. The van der Waals surface area contributed by atoms with Crippen LogP contribution in [0.25, 0.3) is 6.08 Å². The number of carbonyl (C=O) groups excluding carboxylic acids is 1. The lowest BCUT2D eigenvalue weighted by Crippen LogP contribution is -2.09. The van der Waals surface area contributed by atoms with Gasteiger partial charge in [-0.25, -0.2) is 0 Å². The number of carbonyl (C=O) groups is 1. The third-order valence-corrected chi connectivity index (χ3v) is 3.31. The number of amides is 1. The fourth-order valence-corrected chi connectivity index (χ4v) is 2.19. The van der Waals surface area contributed by atoms with E-state index in [0.717, 1.165) is 11.1 Å². The van der Waals surface area contributed by atoms with Crippen LogP contribution in [0.3, 0.4) is 0 Å². The molecule has 0 fully saturated rings. The van der Waals surface area contributed by atoms with Crippen molar-refractivity contribution in [3.8, 4) is 0 Å². The van der Waals surface area contributed by atoms with Crippen molar-refractivity contribution in [2.75, 3.05) is 5.32 Å². The maximum atomic E-state index is 11.9. The number of benzene rings is 2. The summed E-state index contributed by atoms with van der Waals surface area (Å²) in [6.07, 6.45) is 5.13. The van der Waals surface area contributed by atoms with Crippen LogP contribution < -0.4 is 5.32 Å². The molecule has 2 aromatic carbocycles. The van der Waals surface area contributed by atoms with Crippen molar-refractivity contribution in [2.24, 2.45) is 0 Å². The molecule has 1 aromatic heterocycles. The third-order valence-electron chi connectivity index (χ3n) is 3.31. The van der Waals surface area contributed by atoms with Gasteiger partial charge in [0.25, 0.3) is 0 Å². The fourth-order valence-electron chi connectivity index (χ4n) is 2.19. The van der Waals surface area contributed by atoms with Gasteiger partial charge in [0.2, 0.25) is 5.91 Å². The summed E-state index contributed by atoms with van der Waals surface area (Å²) in [4.78, 5) is 11.9. The Bertz CT molecular complexity index is 792. The first-order valence-electron chi connectivity index (χ1n) is 7.41. The first-order valence-corrected chi connectivity index (χ1v) is 7.41. The zero-order valence-corrected chi connectivity index (χ0v) is 12.6. The van der Waals surface area contributed by atoms with E-state index in [1.165, 1.54) is 6.08 Å². The van der Waals surface area contributed by atoms with Crippen molar-refractivity contribution >= 4 is 17.8 Å². The second-order valence-electron chi connectivity index (χ2n) is 5.12. The number of hydrogen-bond donors (Lipinski definition) is 1. The highest BCUT2D eigenvalue weighted by atomic mass is 16.1. The molecule has 114 valence electrons. The summed E-state index contributed by atoms with van der Waals surface area (Å²) in [6, 6.07) is 21.5. The van der Waals surface area contributed by atoms with Crippen LogP contribution in [0.5, 0.6) is 0 Å². The predicted molar refractivity (Wildman–Crippen MR) is 91.9 cm³/mol. The predicted octanol–water partition coefficient (Wildman–Crippen LogP) is 3.58. The van der Waals surface area contributed by atoms with Crippen molar-refractivity contribution in [3.63, 3.8) is 0 Å². The Kier molecular flexibility index (Phi) is 4.64. The molecule has 1 amide bonds. The van der Waals surface area contributed by atoms with Gasteiger partial charge in [-0.2, -0.15) is 5.10 Å². The van der Waals surface area contributed by atoms with Crippen LogP contribution in [0.4, 0.5) is 5.82 Å². The summed E-state index contributed by atoms with van der Waals surface area (Å²) >= 11 is 0. The lowest BCUT2D eigenvalue weighted by atomic mass is 10.2. The van der Waals surface area contributed by atoms with Gasteiger partial charge < -0.3 is 5.32 Å². The lowest BCUT2D eigenvalue weighted by molar-refractivity contribution is -0.111. The topological polar surface area (TPSA) is 46.9 Å². The van der Waals surface area contributed by atoms with Crippen LogP contribution >= 0.6 is 0 Å². The smallest absolute Gasteiger partial charge is 0.249 e. The van der Waals surface area contributed by atoms with E-state index in [-0.39, 0.29) is 5.91 Å². The molecule has 1 heterocycles. The number of nitrogens with zero attached hydrogens (tertiary/aromatic N) is 2. The number of rotatable bonds is 5. The van der Waals surface area contributed by atoms with Gasteiger partial charge in [-0.3, -0.25) is 9.48 Å². The summed E-state index contributed by atoms with van der Waals surface area (Å²) in [5.41, 5.74) is 2.15. The average Bonchev–Trinajstić information content (AvgIpc) is 3.02. The fraction of sp³-hybridized carbons (Fsp3) is 0.0526. The Hall–Kier alpha value is -3.14.